The van der Waals surface area contributed by atoms with E-state index in [4.69, 9.17) is 4.74 Å². The normalized spacial score (nSPS) is 19.9. The van der Waals surface area contributed by atoms with Crippen molar-refractivity contribution in [1.29, 1.82) is 0 Å². The number of hydrogen-bond donors (Lipinski definition) is 1. The van der Waals surface area contributed by atoms with Gasteiger partial charge in [0.2, 0.25) is 0 Å². The van der Waals surface area contributed by atoms with E-state index in [9.17, 15) is 18.7 Å². The zero-order valence-corrected chi connectivity index (χ0v) is 24.3. The molecule has 4 aromatic carbocycles. The third-order valence-electron chi connectivity index (χ3n) is 8.39. The lowest BCUT2D eigenvalue weighted by Gasteiger charge is -2.26. The number of carbonyl (C=O) groups is 1. The van der Waals surface area contributed by atoms with Gasteiger partial charge >= 0.3 is 5.97 Å². The van der Waals surface area contributed by atoms with E-state index in [1.807, 2.05) is 36.4 Å². The molecule has 220 valence electrons. The van der Waals surface area contributed by atoms with Crippen molar-refractivity contribution in [3.8, 4) is 0 Å². The van der Waals surface area contributed by atoms with Crippen LogP contribution in [-0.2, 0) is 22.4 Å². The number of fused-ring (bicyclic) bond motifs is 4. The molecule has 0 aromatic heterocycles. The van der Waals surface area contributed by atoms with Crippen LogP contribution in [0.3, 0.4) is 0 Å². The molecule has 43 heavy (non-hydrogen) atoms. The highest BCUT2D eigenvalue weighted by Crippen LogP contribution is 2.44. The number of aliphatic hydroxyl groups excluding tert-OH is 1. The maximum absolute atomic E-state index is 13.8. The summed E-state index contributed by atoms with van der Waals surface area (Å²) < 4.78 is 33.0. The number of esters is 1. The fourth-order valence-electron chi connectivity index (χ4n) is 6.47. The van der Waals surface area contributed by atoms with E-state index in [1.165, 1.54) is 42.3 Å². The molecule has 0 amide bonds. The largest absolute Gasteiger partial charge is 0.457 e. The van der Waals surface area contributed by atoms with Gasteiger partial charge in [-0.2, -0.15) is 0 Å². The van der Waals surface area contributed by atoms with E-state index < -0.39 is 12.2 Å². The predicted octanol–water partition coefficient (Wildman–Crippen LogP) is 8.82. The Morgan fingerprint density at radius 1 is 0.744 bits per heavy atom. The number of hydrogen-bond acceptors (Lipinski definition) is 3. The van der Waals surface area contributed by atoms with Crippen LogP contribution in [0.25, 0.3) is 0 Å². The fourth-order valence-corrected chi connectivity index (χ4v) is 6.47. The summed E-state index contributed by atoms with van der Waals surface area (Å²) in [7, 11) is 0. The first kappa shape index (κ1) is 30.1. The average molecular weight is 579 g/mol. The predicted molar refractivity (Wildman–Crippen MR) is 166 cm³/mol. The van der Waals surface area contributed by atoms with E-state index in [0.717, 1.165) is 34.2 Å². The number of halogens is 2. The summed E-state index contributed by atoms with van der Waals surface area (Å²) in [4.78, 5) is 11.6. The van der Waals surface area contributed by atoms with Crippen molar-refractivity contribution in [3.05, 3.63) is 166 Å². The lowest BCUT2D eigenvalue weighted by atomic mass is 9.86. The van der Waals surface area contributed by atoms with Gasteiger partial charge in [-0.1, -0.05) is 72.8 Å². The van der Waals surface area contributed by atoms with Crippen molar-refractivity contribution >= 4 is 5.97 Å². The van der Waals surface area contributed by atoms with Crippen LogP contribution in [0.4, 0.5) is 8.78 Å². The van der Waals surface area contributed by atoms with Gasteiger partial charge in [-0.25, -0.2) is 8.78 Å². The number of ether oxygens (including phenoxy) is 1. The Balaban J connectivity index is 0.000000173. The molecule has 0 fully saturated rings. The van der Waals surface area contributed by atoms with Crippen LogP contribution in [0, 0.1) is 11.6 Å². The van der Waals surface area contributed by atoms with Crippen LogP contribution in [0.5, 0.6) is 0 Å². The highest BCUT2D eigenvalue weighted by atomic mass is 19.1. The van der Waals surface area contributed by atoms with Crippen LogP contribution < -0.4 is 0 Å². The Morgan fingerprint density at radius 2 is 1.21 bits per heavy atom. The minimum absolute atomic E-state index is 0.0596. The molecular weight excluding hydrogens is 542 g/mol. The zero-order chi connectivity index (χ0) is 30.5. The van der Waals surface area contributed by atoms with E-state index in [2.05, 4.69) is 37.4 Å². The fraction of sp³-hybridized carbons (Fsp3) is 0.237. The van der Waals surface area contributed by atoms with Crippen molar-refractivity contribution in [3.63, 3.8) is 0 Å². The first-order valence-corrected chi connectivity index (χ1v) is 14.6. The Labute approximate surface area is 252 Å². The molecular formula is C38H36F2O3. The topological polar surface area (TPSA) is 46.5 Å². The van der Waals surface area contributed by atoms with Gasteiger partial charge < -0.3 is 9.84 Å². The average Bonchev–Trinajstić information content (AvgIpc) is 3.19. The third-order valence-corrected chi connectivity index (χ3v) is 8.39. The molecule has 0 unspecified atom stereocenters. The molecule has 1 N–H and O–H groups in total. The number of allylic oxidation sites excluding steroid dienone is 2. The summed E-state index contributed by atoms with van der Waals surface area (Å²) in [6.45, 7) is 9.00. The highest BCUT2D eigenvalue weighted by Gasteiger charge is 2.33. The van der Waals surface area contributed by atoms with Gasteiger partial charge in [0.05, 0.1) is 6.10 Å². The Kier molecular flexibility index (Phi) is 9.32. The standard InChI is InChI=1S/C20H19FO2.C18H17FO/c1-3-6-18-17-8-5-4-7-14(17)11-15-9-10-16(21)12-19(15)20(18)23-13(2)22;1-2-5-16-15-7-4-3-6-12(15)10-13-8-9-14(19)11-17(13)18(16)20/h3-5,7-10,12,18,20H,1,6,11H2,2H3;2-4,6-9,11,16,18,20H,1,5,10H2/t18-,20+;16-,18+/m11/s1. The monoisotopic (exact) mass is 578 g/mol. The van der Waals surface area contributed by atoms with Crippen molar-refractivity contribution in [2.24, 2.45) is 0 Å². The molecule has 2 aliphatic carbocycles. The number of carbonyl (C=O) groups excluding carboxylic acids is 1. The second-order valence-corrected chi connectivity index (χ2v) is 11.2. The lowest BCUT2D eigenvalue weighted by molar-refractivity contribution is -0.148. The van der Waals surface area contributed by atoms with Crippen LogP contribution in [0.1, 0.15) is 88.3 Å². The molecule has 0 aliphatic heterocycles. The van der Waals surface area contributed by atoms with Crippen molar-refractivity contribution in [1.82, 2.24) is 0 Å². The molecule has 0 bridgehead atoms. The van der Waals surface area contributed by atoms with Gasteiger partial charge in [-0.15, -0.1) is 13.2 Å². The highest BCUT2D eigenvalue weighted by molar-refractivity contribution is 5.67. The minimum Gasteiger partial charge on any atom is -0.457 e. The van der Waals surface area contributed by atoms with Crippen molar-refractivity contribution < 1.29 is 23.4 Å². The van der Waals surface area contributed by atoms with Gasteiger partial charge in [-0.3, -0.25) is 4.79 Å². The molecule has 0 saturated carbocycles. The van der Waals surface area contributed by atoms with Crippen LogP contribution in [0.2, 0.25) is 0 Å². The van der Waals surface area contributed by atoms with Gasteiger partial charge in [0.15, 0.2) is 0 Å². The van der Waals surface area contributed by atoms with E-state index >= 15 is 0 Å². The molecule has 0 saturated heterocycles. The Morgan fingerprint density at radius 3 is 1.77 bits per heavy atom. The van der Waals surface area contributed by atoms with Gasteiger partial charge in [0.25, 0.3) is 0 Å². The van der Waals surface area contributed by atoms with Gasteiger partial charge in [0, 0.05) is 18.8 Å². The molecule has 0 heterocycles. The quantitative estimate of drug-likeness (QED) is 0.190. The summed E-state index contributed by atoms with van der Waals surface area (Å²) >= 11 is 0. The third kappa shape index (κ3) is 6.52. The van der Waals surface area contributed by atoms with Crippen LogP contribution in [0.15, 0.2) is 110 Å². The first-order valence-electron chi connectivity index (χ1n) is 14.6. The van der Waals surface area contributed by atoms with Crippen LogP contribution >= 0.6 is 0 Å². The van der Waals surface area contributed by atoms with E-state index in [1.54, 1.807) is 12.1 Å². The summed E-state index contributed by atoms with van der Waals surface area (Å²) in [5.74, 6) is -1.10. The summed E-state index contributed by atoms with van der Waals surface area (Å²) in [5.41, 5.74) is 8.10. The second-order valence-electron chi connectivity index (χ2n) is 11.2. The lowest BCUT2D eigenvalue weighted by Crippen LogP contribution is -2.17. The van der Waals surface area contributed by atoms with E-state index in [-0.39, 0.29) is 29.4 Å². The SMILES string of the molecule is C=CC[C@@H]1c2ccccc2Cc2ccc(F)cc2[C@H]1O.C=CC[C@@H]1c2ccccc2Cc2ccc(F)cc2[C@H]1OC(C)=O. The summed E-state index contributed by atoms with van der Waals surface area (Å²) in [5, 5.41) is 10.7. The minimum atomic E-state index is -0.692. The molecule has 2 aliphatic rings. The molecule has 0 spiro atoms. The number of benzene rings is 4. The van der Waals surface area contributed by atoms with Crippen LogP contribution in [-0.4, -0.2) is 11.1 Å². The summed E-state index contributed by atoms with van der Waals surface area (Å²) in [6.07, 6.45) is 5.21. The molecule has 4 atom stereocenters. The molecule has 4 aromatic rings. The Bertz CT molecular complexity index is 1640. The maximum atomic E-state index is 13.8. The molecule has 5 heteroatoms. The van der Waals surface area contributed by atoms with Gasteiger partial charge in [-0.05, 0) is 94.5 Å². The van der Waals surface area contributed by atoms with E-state index in [0.29, 0.717) is 24.8 Å². The zero-order valence-electron chi connectivity index (χ0n) is 24.3. The first-order chi connectivity index (χ1) is 20.8. The molecule has 6 rings (SSSR count). The van der Waals surface area contributed by atoms with Gasteiger partial charge in [0.1, 0.15) is 17.7 Å². The summed E-state index contributed by atoms with van der Waals surface area (Å²) in [6, 6.07) is 25.7. The van der Waals surface area contributed by atoms with Crippen molar-refractivity contribution in [2.45, 2.75) is 56.7 Å². The number of aliphatic hydroxyl groups is 1. The van der Waals surface area contributed by atoms with Crippen molar-refractivity contribution in [2.75, 3.05) is 0 Å². The smallest absolute Gasteiger partial charge is 0.303 e. The maximum Gasteiger partial charge on any atom is 0.303 e. The number of rotatable bonds is 5. The molecule has 0 radical (unpaired) electrons. The second kappa shape index (κ2) is 13.3. The molecule has 3 nitrogen and oxygen atoms in total. The Hall–Kier alpha value is -4.35.